The number of furan rings is 1. The van der Waals surface area contributed by atoms with Crippen LogP contribution in [0.1, 0.15) is 25.0 Å². The van der Waals surface area contributed by atoms with Gasteiger partial charge in [0.1, 0.15) is 11.3 Å². The molecule has 21 heavy (non-hydrogen) atoms. The SMILES string of the molecule is Cl.c1ccc2oc(CN3CCC4(CCNCC4)C3)cc2c1. The molecule has 0 amide bonds. The zero-order valence-corrected chi connectivity index (χ0v) is 13.1. The van der Waals surface area contributed by atoms with Gasteiger partial charge < -0.3 is 9.73 Å². The Morgan fingerprint density at radius 1 is 1.14 bits per heavy atom. The predicted octanol–water partition coefficient (Wildman–Crippen LogP) is 3.43. The number of benzene rings is 1. The average Bonchev–Trinajstić information content (AvgIpc) is 3.04. The van der Waals surface area contributed by atoms with E-state index in [4.69, 9.17) is 4.42 Å². The van der Waals surface area contributed by atoms with Crippen LogP contribution in [-0.2, 0) is 6.54 Å². The molecule has 4 heteroatoms. The van der Waals surface area contributed by atoms with Crippen molar-refractivity contribution in [1.82, 2.24) is 10.2 Å². The minimum Gasteiger partial charge on any atom is -0.460 e. The Morgan fingerprint density at radius 2 is 1.95 bits per heavy atom. The van der Waals surface area contributed by atoms with Gasteiger partial charge in [-0.2, -0.15) is 0 Å². The second-order valence-electron chi connectivity index (χ2n) is 6.46. The predicted molar refractivity (Wildman–Crippen MR) is 87.9 cm³/mol. The summed E-state index contributed by atoms with van der Waals surface area (Å²) in [6.07, 6.45) is 4.03. The van der Waals surface area contributed by atoms with Crippen LogP contribution in [0, 0.1) is 5.41 Å². The summed E-state index contributed by atoms with van der Waals surface area (Å²) in [6.45, 7) is 5.81. The fraction of sp³-hybridized carbons (Fsp3) is 0.529. The van der Waals surface area contributed by atoms with Crippen LogP contribution in [0.5, 0.6) is 0 Å². The third-order valence-corrected chi connectivity index (χ3v) is 5.04. The number of fused-ring (bicyclic) bond motifs is 1. The molecule has 2 aliphatic heterocycles. The molecule has 1 N–H and O–H groups in total. The molecule has 0 aliphatic carbocycles. The standard InChI is InChI=1S/C17H22N2O.ClH/c1-2-4-16-14(3-1)11-15(20-16)12-19-10-7-17(13-19)5-8-18-9-6-17;/h1-4,11,18H,5-10,12-13H2;1H. The van der Waals surface area contributed by atoms with Crippen LogP contribution in [0.3, 0.4) is 0 Å². The van der Waals surface area contributed by atoms with E-state index in [1.807, 2.05) is 6.07 Å². The highest BCUT2D eigenvalue weighted by Crippen LogP contribution is 2.39. The topological polar surface area (TPSA) is 28.4 Å². The van der Waals surface area contributed by atoms with Gasteiger partial charge in [0.05, 0.1) is 6.54 Å². The lowest BCUT2D eigenvalue weighted by atomic mass is 9.78. The van der Waals surface area contributed by atoms with Gasteiger partial charge in [-0.1, -0.05) is 18.2 Å². The summed E-state index contributed by atoms with van der Waals surface area (Å²) >= 11 is 0. The maximum Gasteiger partial charge on any atom is 0.134 e. The van der Waals surface area contributed by atoms with Gasteiger partial charge in [0.15, 0.2) is 0 Å². The molecule has 2 aliphatic rings. The summed E-state index contributed by atoms with van der Waals surface area (Å²) in [4.78, 5) is 2.57. The van der Waals surface area contributed by atoms with Crippen molar-refractivity contribution < 1.29 is 4.42 Å². The summed E-state index contributed by atoms with van der Waals surface area (Å²) in [5, 5.41) is 4.70. The smallest absolute Gasteiger partial charge is 0.134 e. The number of nitrogens with one attached hydrogen (secondary N) is 1. The minimum absolute atomic E-state index is 0. The Kier molecular flexibility index (Phi) is 4.25. The molecule has 4 rings (SSSR count). The van der Waals surface area contributed by atoms with Crippen molar-refractivity contribution in [2.45, 2.75) is 25.8 Å². The Labute approximate surface area is 132 Å². The van der Waals surface area contributed by atoms with Crippen LogP contribution in [0.2, 0.25) is 0 Å². The summed E-state index contributed by atoms with van der Waals surface area (Å²) in [7, 11) is 0. The third kappa shape index (κ3) is 2.96. The first kappa shape index (κ1) is 14.9. The van der Waals surface area contributed by atoms with Gasteiger partial charge >= 0.3 is 0 Å². The molecule has 0 atom stereocenters. The van der Waals surface area contributed by atoms with E-state index in [1.165, 1.54) is 50.8 Å². The maximum atomic E-state index is 5.95. The van der Waals surface area contributed by atoms with E-state index in [0.717, 1.165) is 17.9 Å². The molecular weight excluding hydrogens is 284 g/mol. The van der Waals surface area contributed by atoms with Crippen LogP contribution < -0.4 is 5.32 Å². The molecule has 0 unspecified atom stereocenters. The lowest BCUT2D eigenvalue weighted by Crippen LogP contribution is -2.38. The van der Waals surface area contributed by atoms with E-state index in [2.05, 4.69) is 34.5 Å². The number of likely N-dealkylation sites (tertiary alicyclic amines) is 1. The van der Waals surface area contributed by atoms with E-state index < -0.39 is 0 Å². The van der Waals surface area contributed by atoms with Gasteiger partial charge in [-0.25, -0.2) is 0 Å². The molecule has 114 valence electrons. The van der Waals surface area contributed by atoms with Crippen molar-refractivity contribution in [1.29, 1.82) is 0 Å². The van der Waals surface area contributed by atoms with Crippen LogP contribution >= 0.6 is 12.4 Å². The highest BCUT2D eigenvalue weighted by Gasteiger charge is 2.38. The first-order chi connectivity index (χ1) is 9.83. The van der Waals surface area contributed by atoms with Crippen molar-refractivity contribution in [3.05, 3.63) is 36.1 Å². The highest BCUT2D eigenvalue weighted by atomic mass is 35.5. The van der Waals surface area contributed by atoms with Gasteiger partial charge in [0.2, 0.25) is 0 Å². The first-order valence-corrected chi connectivity index (χ1v) is 7.74. The van der Waals surface area contributed by atoms with Gasteiger partial charge in [0.25, 0.3) is 0 Å². The van der Waals surface area contributed by atoms with Crippen molar-refractivity contribution in [2.75, 3.05) is 26.2 Å². The summed E-state index contributed by atoms with van der Waals surface area (Å²) in [5.74, 6) is 1.11. The monoisotopic (exact) mass is 306 g/mol. The quantitative estimate of drug-likeness (QED) is 0.921. The fourth-order valence-corrected chi connectivity index (χ4v) is 3.86. The van der Waals surface area contributed by atoms with Crippen LogP contribution in [0.4, 0.5) is 0 Å². The van der Waals surface area contributed by atoms with E-state index in [-0.39, 0.29) is 12.4 Å². The Morgan fingerprint density at radius 3 is 2.76 bits per heavy atom. The molecule has 1 spiro atoms. The normalized spacial score (nSPS) is 21.7. The number of rotatable bonds is 2. The van der Waals surface area contributed by atoms with Gasteiger partial charge in [-0.3, -0.25) is 4.90 Å². The molecule has 1 aromatic heterocycles. The fourth-order valence-electron chi connectivity index (χ4n) is 3.86. The average molecular weight is 307 g/mol. The highest BCUT2D eigenvalue weighted by molar-refractivity contribution is 5.85. The van der Waals surface area contributed by atoms with E-state index >= 15 is 0 Å². The Hall–Kier alpha value is -1.03. The molecule has 3 heterocycles. The number of hydrogen-bond donors (Lipinski definition) is 1. The van der Waals surface area contributed by atoms with Crippen molar-refractivity contribution in [3.63, 3.8) is 0 Å². The molecule has 0 saturated carbocycles. The molecule has 2 saturated heterocycles. The van der Waals surface area contributed by atoms with Crippen molar-refractivity contribution in [2.24, 2.45) is 5.41 Å². The molecule has 0 radical (unpaired) electrons. The number of halogens is 1. The Balaban J connectivity index is 0.00000132. The molecular formula is C17H23ClN2O. The maximum absolute atomic E-state index is 5.95. The van der Waals surface area contributed by atoms with Crippen molar-refractivity contribution >= 4 is 23.4 Å². The van der Waals surface area contributed by atoms with E-state index in [9.17, 15) is 0 Å². The lowest BCUT2D eigenvalue weighted by Gasteiger charge is -2.33. The number of nitrogens with zero attached hydrogens (tertiary/aromatic N) is 1. The van der Waals surface area contributed by atoms with E-state index in [0.29, 0.717) is 5.41 Å². The van der Waals surface area contributed by atoms with Crippen LogP contribution in [0.25, 0.3) is 11.0 Å². The van der Waals surface area contributed by atoms with Crippen molar-refractivity contribution in [3.8, 4) is 0 Å². The van der Waals surface area contributed by atoms with Gasteiger partial charge in [-0.15, -0.1) is 12.4 Å². The molecule has 2 fully saturated rings. The second kappa shape index (κ2) is 5.99. The zero-order chi connectivity index (χ0) is 13.4. The summed E-state index contributed by atoms with van der Waals surface area (Å²) < 4.78 is 5.95. The second-order valence-corrected chi connectivity index (χ2v) is 6.46. The summed E-state index contributed by atoms with van der Waals surface area (Å²) in [6, 6.07) is 10.5. The minimum atomic E-state index is 0. The first-order valence-electron chi connectivity index (χ1n) is 7.74. The largest absolute Gasteiger partial charge is 0.460 e. The third-order valence-electron chi connectivity index (χ3n) is 5.04. The molecule has 1 aromatic carbocycles. The molecule has 3 nitrogen and oxygen atoms in total. The Bertz CT molecular complexity index is 571. The lowest BCUT2D eigenvalue weighted by molar-refractivity contribution is 0.189. The van der Waals surface area contributed by atoms with Crippen LogP contribution in [0.15, 0.2) is 34.7 Å². The van der Waals surface area contributed by atoms with E-state index in [1.54, 1.807) is 0 Å². The van der Waals surface area contributed by atoms with Gasteiger partial charge in [-0.05, 0) is 56.4 Å². The molecule has 0 bridgehead atoms. The number of para-hydroxylation sites is 1. The number of piperidine rings is 1. The zero-order valence-electron chi connectivity index (χ0n) is 12.3. The molecule has 2 aromatic rings. The summed E-state index contributed by atoms with van der Waals surface area (Å²) in [5.41, 5.74) is 1.59. The van der Waals surface area contributed by atoms with Gasteiger partial charge in [0, 0.05) is 11.9 Å². The van der Waals surface area contributed by atoms with Crippen LogP contribution in [-0.4, -0.2) is 31.1 Å². The number of hydrogen-bond acceptors (Lipinski definition) is 3.